The third kappa shape index (κ3) is 2.89. The molecule has 0 aromatic heterocycles. The van der Waals surface area contributed by atoms with E-state index in [1.165, 1.54) is 11.6 Å². The van der Waals surface area contributed by atoms with Crippen molar-refractivity contribution in [2.75, 3.05) is 7.05 Å². The summed E-state index contributed by atoms with van der Waals surface area (Å²) in [5.74, 6) is 0.653. The van der Waals surface area contributed by atoms with E-state index >= 15 is 0 Å². The van der Waals surface area contributed by atoms with E-state index in [2.05, 4.69) is 11.4 Å². The number of likely N-dealkylation sites (N-methyl/N-ethyl adjacent to an activating group) is 1. The second-order valence-electron chi connectivity index (χ2n) is 5.27. The van der Waals surface area contributed by atoms with Crippen LogP contribution in [0.5, 0.6) is 5.75 Å². The molecule has 0 fully saturated rings. The maximum atomic E-state index is 13.9. The number of ether oxygens (including phenoxy) is 1. The topological polar surface area (TPSA) is 21.3 Å². The van der Waals surface area contributed by atoms with E-state index in [0.717, 1.165) is 12.2 Å². The lowest BCUT2D eigenvalue weighted by Crippen LogP contribution is -2.42. The van der Waals surface area contributed by atoms with Crippen molar-refractivity contribution in [3.63, 3.8) is 0 Å². The van der Waals surface area contributed by atoms with E-state index in [1.54, 1.807) is 12.1 Å². The van der Waals surface area contributed by atoms with Crippen molar-refractivity contribution in [2.24, 2.45) is 0 Å². The fourth-order valence-electron chi connectivity index (χ4n) is 2.80. The Morgan fingerprint density at radius 3 is 2.81 bits per heavy atom. The summed E-state index contributed by atoms with van der Waals surface area (Å²) in [7, 11) is 1.87. The second-order valence-corrected chi connectivity index (χ2v) is 5.67. The van der Waals surface area contributed by atoms with Gasteiger partial charge in [0, 0.05) is 23.0 Å². The Balaban J connectivity index is 1.78. The first kappa shape index (κ1) is 14.4. The van der Waals surface area contributed by atoms with Crippen LogP contribution < -0.4 is 10.1 Å². The molecule has 110 valence electrons. The van der Waals surface area contributed by atoms with E-state index < -0.39 is 0 Å². The molecular formula is C17H17ClFNO. The zero-order valence-corrected chi connectivity index (χ0v) is 12.5. The van der Waals surface area contributed by atoms with Gasteiger partial charge in [0.05, 0.1) is 0 Å². The van der Waals surface area contributed by atoms with Gasteiger partial charge in [-0.2, -0.15) is 0 Å². The van der Waals surface area contributed by atoms with Gasteiger partial charge in [-0.15, -0.1) is 0 Å². The minimum Gasteiger partial charge on any atom is -0.488 e. The number of benzene rings is 2. The lowest BCUT2D eigenvalue weighted by molar-refractivity contribution is 0.181. The van der Waals surface area contributed by atoms with Crippen LogP contribution in [0.15, 0.2) is 42.5 Å². The lowest BCUT2D eigenvalue weighted by Gasteiger charge is -2.23. The maximum absolute atomic E-state index is 13.9. The Labute approximate surface area is 128 Å². The van der Waals surface area contributed by atoms with Crippen LogP contribution >= 0.6 is 11.6 Å². The van der Waals surface area contributed by atoms with E-state index in [-0.39, 0.29) is 18.0 Å². The molecule has 3 rings (SSSR count). The summed E-state index contributed by atoms with van der Waals surface area (Å²) in [4.78, 5) is 0. The van der Waals surface area contributed by atoms with E-state index in [0.29, 0.717) is 17.0 Å². The molecule has 0 aliphatic carbocycles. The molecule has 4 heteroatoms. The van der Waals surface area contributed by atoms with E-state index in [9.17, 15) is 4.39 Å². The van der Waals surface area contributed by atoms with E-state index in [1.807, 2.05) is 25.2 Å². The maximum Gasteiger partial charge on any atom is 0.127 e. The number of fused-ring (bicyclic) bond motifs is 1. The highest BCUT2D eigenvalue weighted by atomic mass is 35.5. The Bertz CT molecular complexity index is 601. The average Bonchev–Trinajstić information content (AvgIpc) is 2.90. The Kier molecular flexibility index (Phi) is 4.13. The van der Waals surface area contributed by atoms with Crippen molar-refractivity contribution >= 4 is 11.6 Å². The van der Waals surface area contributed by atoms with E-state index in [4.69, 9.17) is 16.3 Å². The highest BCUT2D eigenvalue weighted by Gasteiger charge is 2.30. The molecule has 0 radical (unpaired) electrons. The van der Waals surface area contributed by atoms with Crippen LogP contribution in [0.3, 0.4) is 0 Å². The fraction of sp³-hybridized carbons (Fsp3) is 0.294. The molecule has 0 saturated carbocycles. The smallest absolute Gasteiger partial charge is 0.127 e. The number of hydrogen-bond acceptors (Lipinski definition) is 2. The van der Waals surface area contributed by atoms with Gasteiger partial charge >= 0.3 is 0 Å². The first-order chi connectivity index (χ1) is 10.2. The van der Waals surface area contributed by atoms with Gasteiger partial charge in [-0.25, -0.2) is 4.39 Å². The van der Waals surface area contributed by atoms with Gasteiger partial charge in [-0.1, -0.05) is 35.9 Å². The quantitative estimate of drug-likeness (QED) is 0.931. The summed E-state index contributed by atoms with van der Waals surface area (Å²) in [6.07, 6.45) is 1.32. The highest BCUT2D eigenvalue weighted by Crippen LogP contribution is 2.31. The van der Waals surface area contributed by atoms with Gasteiger partial charge in [0.2, 0.25) is 0 Å². The second kappa shape index (κ2) is 6.04. The van der Waals surface area contributed by atoms with Gasteiger partial charge in [-0.3, -0.25) is 0 Å². The van der Waals surface area contributed by atoms with Crippen LogP contribution in [0.1, 0.15) is 11.1 Å². The number of nitrogens with one attached hydrogen (secondary N) is 1. The fourth-order valence-corrected chi connectivity index (χ4v) is 3.04. The van der Waals surface area contributed by atoms with Crippen molar-refractivity contribution in [2.45, 2.75) is 25.0 Å². The van der Waals surface area contributed by atoms with Crippen LogP contribution in [-0.2, 0) is 12.8 Å². The predicted octanol–water partition coefficient (Wildman–Crippen LogP) is 3.61. The zero-order valence-electron chi connectivity index (χ0n) is 11.8. The van der Waals surface area contributed by atoms with Crippen LogP contribution in [-0.4, -0.2) is 19.2 Å². The van der Waals surface area contributed by atoms with Gasteiger partial charge in [0.25, 0.3) is 0 Å². The third-order valence-corrected chi connectivity index (χ3v) is 4.33. The molecule has 1 heterocycles. The normalized spacial score (nSPS) is 18.1. The molecule has 2 aromatic rings. The lowest BCUT2D eigenvalue weighted by atomic mass is 9.97. The molecule has 0 saturated heterocycles. The van der Waals surface area contributed by atoms with Gasteiger partial charge in [0.1, 0.15) is 17.7 Å². The molecule has 1 aliphatic heterocycles. The molecule has 21 heavy (non-hydrogen) atoms. The SMILES string of the molecule is CNC(Cc1c(F)cccc1Cl)C1Cc2ccccc2O1. The summed E-state index contributed by atoms with van der Waals surface area (Å²) in [6, 6.07) is 12.8. The van der Waals surface area contributed by atoms with Gasteiger partial charge < -0.3 is 10.1 Å². The first-order valence-corrected chi connectivity index (χ1v) is 7.41. The molecular weight excluding hydrogens is 289 g/mol. The molecule has 2 nitrogen and oxygen atoms in total. The molecule has 1 aliphatic rings. The molecule has 2 atom stereocenters. The molecule has 0 bridgehead atoms. The van der Waals surface area contributed by atoms with Crippen LogP contribution in [0.4, 0.5) is 4.39 Å². The summed E-state index contributed by atoms with van der Waals surface area (Å²) in [6.45, 7) is 0. The largest absolute Gasteiger partial charge is 0.488 e. The summed E-state index contributed by atoms with van der Waals surface area (Å²) in [5, 5.41) is 3.70. The van der Waals surface area contributed by atoms with Crippen molar-refractivity contribution in [1.82, 2.24) is 5.32 Å². The van der Waals surface area contributed by atoms with Crippen molar-refractivity contribution in [1.29, 1.82) is 0 Å². The average molecular weight is 306 g/mol. The monoisotopic (exact) mass is 305 g/mol. The number of halogens is 2. The highest BCUT2D eigenvalue weighted by molar-refractivity contribution is 6.31. The number of rotatable bonds is 4. The standard InChI is InChI=1S/C17H17ClFNO/c1-20-15(10-12-13(18)6-4-7-14(12)19)17-9-11-5-2-3-8-16(11)21-17/h2-8,15,17,20H,9-10H2,1H3. The van der Waals surface area contributed by atoms with Crippen molar-refractivity contribution in [3.8, 4) is 5.75 Å². The Hall–Kier alpha value is -1.58. The van der Waals surface area contributed by atoms with Crippen LogP contribution in [0, 0.1) is 5.82 Å². The first-order valence-electron chi connectivity index (χ1n) is 7.03. The summed E-state index contributed by atoms with van der Waals surface area (Å²) in [5.41, 5.74) is 1.74. The predicted molar refractivity (Wildman–Crippen MR) is 82.5 cm³/mol. The molecule has 0 amide bonds. The zero-order chi connectivity index (χ0) is 14.8. The third-order valence-electron chi connectivity index (χ3n) is 3.98. The number of para-hydroxylation sites is 1. The van der Waals surface area contributed by atoms with Gasteiger partial charge in [0.15, 0.2) is 0 Å². The van der Waals surface area contributed by atoms with Gasteiger partial charge in [-0.05, 0) is 37.2 Å². The minimum atomic E-state index is -0.265. The van der Waals surface area contributed by atoms with Crippen LogP contribution in [0.2, 0.25) is 5.02 Å². The number of hydrogen-bond donors (Lipinski definition) is 1. The molecule has 0 spiro atoms. The Morgan fingerprint density at radius 2 is 2.10 bits per heavy atom. The van der Waals surface area contributed by atoms with Crippen molar-refractivity contribution in [3.05, 3.63) is 64.4 Å². The Morgan fingerprint density at radius 1 is 1.29 bits per heavy atom. The van der Waals surface area contributed by atoms with Crippen LogP contribution in [0.25, 0.3) is 0 Å². The van der Waals surface area contributed by atoms with Crippen molar-refractivity contribution < 1.29 is 9.13 Å². The summed E-state index contributed by atoms with van der Waals surface area (Å²) < 4.78 is 19.9. The molecule has 1 N–H and O–H groups in total. The molecule has 2 aromatic carbocycles. The minimum absolute atomic E-state index is 0.00630. The molecule has 2 unspecified atom stereocenters. The summed E-state index contributed by atoms with van der Waals surface area (Å²) >= 11 is 6.12.